The molecule has 2 aromatic heterocycles. The van der Waals surface area contributed by atoms with Crippen LogP contribution in [0.15, 0.2) is 24.3 Å². The van der Waals surface area contributed by atoms with Gasteiger partial charge < -0.3 is 0 Å². The van der Waals surface area contributed by atoms with Crippen LogP contribution in [0.25, 0.3) is 16.6 Å². The second-order valence-corrected chi connectivity index (χ2v) is 3.09. The molecule has 3 aromatic rings. The lowest BCUT2D eigenvalue weighted by molar-refractivity contribution is 0.794. The second-order valence-electron chi connectivity index (χ2n) is 3.09. The van der Waals surface area contributed by atoms with Gasteiger partial charge in [0.15, 0.2) is 11.5 Å². The van der Waals surface area contributed by atoms with Gasteiger partial charge in [-0.2, -0.15) is 4.52 Å². The first-order chi connectivity index (χ1) is 6.86. The first-order valence-electron chi connectivity index (χ1n) is 4.30. The zero-order valence-electron chi connectivity index (χ0n) is 7.55. The Morgan fingerprint density at radius 1 is 1.07 bits per heavy atom. The molecule has 0 amide bonds. The van der Waals surface area contributed by atoms with E-state index in [1.807, 2.05) is 31.2 Å². The summed E-state index contributed by atoms with van der Waals surface area (Å²) < 4.78 is 1.64. The van der Waals surface area contributed by atoms with E-state index >= 15 is 0 Å². The van der Waals surface area contributed by atoms with Crippen molar-refractivity contribution in [1.29, 1.82) is 0 Å². The van der Waals surface area contributed by atoms with Crippen LogP contribution in [0.5, 0.6) is 0 Å². The van der Waals surface area contributed by atoms with E-state index in [2.05, 4.69) is 20.5 Å². The zero-order valence-corrected chi connectivity index (χ0v) is 7.55. The Balaban J connectivity index is 2.61. The summed E-state index contributed by atoms with van der Waals surface area (Å²) in [5.41, 5.74) is 1.60. The molecule has 2 heterocycles. The highest BCUT2D eigenvalue weighted by Gasteiger charge is 2.06. The van der Waals surface area contributed by atoms with Gasteiger partial charge in [-0.1, -0.05) is 17.3 Å². The van der Waals surface area contributed by atoms with E-state index in [1.54, 1.807) is 4.52 Å². The Bertz CT molecular complexity index is 613. The number of aromatic nitrogens is 5. The minimum Gasteiger partial charge on any atom is -0.178 e. The summed E-state index contributed by atoms with van der Waals surface area (Å²) in [4.78, 5) is 0. The molecule has 0 saturated heterocycles. The van der Waals surface area contributed by atoms with Crippen LogP contribution in [-0.4, -0.2) is 25.0 Å². The highest BCUT2D eigenvalue weighted by atomic mass is 15.4. The molecule has 14 heavy (non-hydrogen) atoms. The number of nitrogens with zero attached hydrogens (tertiary/aromatic N) is 5. The molecule has 1 aromatic carbocycles. The van der Waals surface area contributed by atoms with Crippen LogP contribution < -0.4 is 0 Å². The first-order valence-corrected chi connectivity index (χ1v) is 4.30. The summed E-state index contributed by atoms with van der Waals surface area (Å²) in [7, 11) is 0. The molecule has 0 N–H and O–H groups in total. The third-order valence-electron chi connectivity index (χ3n) is 2.18. The van der Waals surface area contributed by atoms with Crippen molar-refractivity contribution in [2.24, 2.45) is 0 Å². The van der Waals surface area contributed by atoms with Crippen LogP contribution in [0.3, 0.4) is 0 Å². The maximum atomic E-state index is 4.08. The van der Waals surface area contributed by atoms with Crippen molar-refractivity contribution in [1.82, 2.24) is 25.0 Å². The molecule has 0 atom stereocenters. The summed E-state index contributed by atoms with van der Waals surface area (Å²) in [5, 5.41) is 17.1. The molecule has 5 heteroatoms. The van der Waals surface area contributed by atoms with Gasteiger partial charge in [0, 0.05) is 5.39 Å². The van der Waals surface area contributed by atoms with Crippen molar-refractivity contribution in [2.75, 3.05) is 0 Å². The van der Waals surface area contributed by atoms with E-state index in [-0.39, 0.29) is 0 Å². The van der Waals surface area contributed by atoms with Gasteiger partial charge in [0.2, 0.25) is 0 Å². The van der Waals surface area contributed by atoms with Gasteiger partial charge >= 0.3 is 0 Å². The summed E-state index contributed by atoms with van der Waals surface area (Å²) >= 11 is 0. The lowest BCUT2D eigenvalue weighted by atomic mass is 10.2. The molecule has 0 saturated carbocycles. The van der Waals surface area contributed by atoms with E-state index < -0.39 is 0 Å². The average Bonchev–Trinajstić information content (AvgIpc) is 2.61. The molecule has 0 bridgehead atoms. The highest BCUT2D eigenvalue weighted by Crippen LogP contribution is 2.14. The molecule has 0 aliphatic heterocycles. The Hall–Kier alpha value is -2.04. The molecule has 3 rings (SSSR count). The highest BCUT2D eigenvalue weighted by molar-refractivity contribution is 5.90. The van der Waals surface area contributed by atoms with Gasteiger partial charge in [-0.3, -0.25) is 0 Å². The smallest absolute Gasteiger partial charge is 0.178 e. The molecule has 5 nitrogen and oxygen atoms in total. The quantitative estimate of drug-likeness (QED) is 0.524. The molecular weight excluding hydrogens is 178 g/mol. The van der Waals surface area contributed by atoms with Crippen molar-refractivity contribution >= 4 is 16.6 Å². The largest absolute Gasteiger partial charge is 0.188 e. The number of fused-ring (bicyclic) bond motifs is 3. The van der Waals surface area contributed by atoms with Gasteiger partial charge in [-0.25, -0.2) is 0 Å². The Morgan fingerprint density at radius 2 is 1.93 bits per heavy atom. The Kier molecular flexibility index (Phi) is 1.30. The molecule has 0 fully saturated rings. The fourth-order valence-electron chi connectivity index (χ4n) is 1.48. The van der Waals surface area contributed by atoms with Gasteiger partial charge in [0.05, 0.1) is 5.52 Å². The van der Waals surface area contributed by atoms with Gasteiger partial charge in [0.1, 0.15) is 0 Å². The van der Waals surface area contributed by atoms with Crippen LogP contribution in [0.4, 0.5) is 0 Å². The standard InChI is InChI=1S/C9H7N5/c1-6-10-12-9-7-4-2-3-5-8(7)11-13-14(6)9/h2-5H,1H3. The summed E-state index contributed by atoms with van der Waals surface area (Å²) in [6.45, 7) is 1.85. The number of hydrogen-bond donors (Lipinski definition) is 0. The maximum Gasteiger partial charge on any atom is 0.188 e. The van der Waals surface area contributed by atoms with Gasteiger partial charge in [-0.05, 0) is 19.1 Å². The fraction of sp³-hybridized carbons (Fsp3) is 0.111. The molecule has 0 radical (unpaired) electrons. The Labute approximate surface area is 79.4 Å². The van der Waals surface area contributed by atoms with Crippen LogP contribution >= 0.6 is 0 Å². The predicted octanol–water partition coefficient (Wildman–Crippen LogP) is 0.981. The summed E-state index contributed by atoms with van der Waals surface area (Å²) in [6.07, 6.45) is 0. The maximum absolute atomic E-state index is 4.08. The number of hydrogen-bond acceptors (Lipinski definition) is 4. The van der Waals surface area contributed by atoms with Gasteiger partial charge in [-0.15, -0.1) is 15.3 Å². The van der Waals surface area contributed by atoms with E-state index in [4.69, 9.17) is 0 Å². The van der Waals surface area contributed by atoms with E-state index in [9.17, 15) is 0 Å². The first kappa shape index (κ1) is 7.37. The Morgan fingerprint density at radius 3 is 2.86 bits per heavy atom. The number of rotatable bonds is 0. The molecule has 0 aliphatic carbocycles. The molecular formula is C9H7N5. The predicted molar refractivity (Wildman–Crippen MR) is 50.8 cm³/mol. The molecule has 0 unspecified atom stereocenters. The third kappa shape index (κ3) is 0.834. The summed E-state index contributed by atoms with van der Waals surface area (Å²) in [6, 6.07) is 7.75. The molecule has 0 spiro atoms. The van der Waals surface area contributed by atoms with Crippen LogP contribution in [0, 0.1) is 6.92 Å². The van der Waals surface area contributed by atoms with Crippen molar-refractivity contribution in [2.45, 2.75) is 6.92 Å². The second kappa shape index (κ2) is 2.47. The average molecular weight is 185 g/mol. The van der Waals surface area contributed by atoms with Crippen molar-refractivity contribution in [3.63, 3.8) is 0 Å². The summed E-state index contributed by atoms with van der Waals surface area (Å²) in [5.74, 6) is 0.748. The zero-order chi connectivity index (χ0) is 9.54. The monoisotopic (exact) mass is 185 g/mol. The number of aryl methyl sites for hydroxylation is 1. The minimum absolute atomic E-state index is 0.748. The van der Waals surface area contributed by atoms with E-state index in [1.165, 1.54) is 0 Å². The van der Waals surface area contributed by atoms with E-state index in [0.717, 1.165) is 22.4 Å². The number of benzene rings is 1. The fourth-order valence-corrected chi connectivity index (χ4v) is 1.48. The van der Waals surface area contributed by atoms with Crippen LogP contribution in [0.2, 0.25) is 0 Å². The molecule has 68 valence electrons. The van der Waals surface area contributed by atoms with Crippen LogP contribution in [-0.2, 0) is 0 Å². The SMILES string of the molecule is Cc1nnc2c3ccccc3nnn12. The topological polar surface area (TPSA) is 56.0 Å². The van der Waals surface area contributed by atoms with Crippen molar-refractivity contribution < 1.29 is 0 Å². The molecule has 0 aliphatic rings. The van der Waals surface area contributed by atoms with Gasteiger partial charge in [0.25, 0.3) is 0 Å². The normalized spacial score (nSPS) is 11.2. The van der Waals surface area contributed by atoms with Crippen molar-refractivity contribution in [3.8, 4) is 0 Å². The lowest BCUT2D eigenvalue weighted by Gasteiger charge is -1.96. The van der Waals surface area contributed by atoms with E-state index in [0.29, 0.717) is 0 Å². The van der Waals surface area contributed by atoms with Crippen LogP contribution in [0.1, 0.15) is 5.82 Å². The third-order valence-corrected chi connectivity index (χ3v) is 2.18. The minimum atomic E-state index is 0.748. The lowest BCUT2D eigenvalue weighted by Crippen LogP contribution is -1.97. The van der Waals surface area contributed by atoms with Crippen molar-refractivity contribution in [3.05, 3.63) is 30.1 Å².